The first-order chi connectivity index (χ1) is 10.2. The molecule has 3 N–H and O–H groups in total. The van der Waals surface area contributed by atoms with Gasteiger partial charge in [0.1, 0.15) is 16.7 Å². The van der Waals surface area contributed by atoms with Crippen molar-refractivity contribution in [2.75, 3.05) is 7.11 Å². The van der Waals surface area contributed by atoms with Gasteiger partial charge < -0.3 is 15.2 Å². The summed E-state index contributed by atoms with van der Waals surface area (Å²) in [6.45, 7) is 2.71. The molecule has 1 aromatic rings. The van der Waals surface area contributed by atoms with E-state index < -0.39 is 22.0 Å². The van der Waals surface area contributed by atoms with Crippen LogP contribution in [0.3, 0.4) is 0 Å². The number of methoxy groups -OCH3 is 1. The third kappa shape index (κ3) is 4.71. The molecule has 0 saturated carbocycles. The summed E-state index contributed by atoms with van der Waals surface area (Å²) in [6, 6.07) is 3.09. The predicted molar refractivity (Wildman–Crippen MR) is 77.9 cm³/mol. The summed E-state index contributed by atoms with van der Waals surface area (Å²) in [4.78, 5) is 21.5. The Morgan fingerprint density at radius 2 is 2.00 bits per heavy atom. The van der Waals surface area contributed by atoms with E-state index in [1.54, 1.807) is 6.07 Å². The van der Waals surface area contributed by atoms with Crippen LogP contribution in [0.1, 0.15) is 19.4 Å². The molecule has 0 bridgehead atoms. The first kappa shape index (κ1) is 17.9. The van der Waals surface area contributed by atoms with Gasteiger partial charge in [0.2, 0.25) is 15.9 Å². The van der Waals surface area contributed by atoms with Crippen molar-refractivity contribution in [3.63, 3.8) is 0 Å². The summed E-state index contributed by atoms with van der Waals surface area (Å²) in [5.74, 6) is -1.47. The molecule has 1 rings (SSSR count). The van der Waals surface area contributed by atoms with Gasteiger partial charge in [-0.05, 0) is 24.6 Å². The Hall–Kier alpha value is -2.13. The fourth-order valence-corrected chi connectivity index (χ4v) is 3.03. The molecule has 0 saturated heterocycles. The Balaban J connectivity index is 3.16. The number of nitrogens with one attached hydrogen (secondary N) is 2. The van der Waals surface area contributed by atoms with Gasteiger partial charge in [0.05, 0.1) is 7.11 Å². The van der Waals surface area contributed by atoms with Crippen molar-refractivity contribution in [3.05, 3.63) is 23.8 Å². The normalized spacial score (nSPS) is 12.5. The van der Waals surface area contributed by atoms with Gasteiger partial charge in [-0.3, -0.25) is 9.59 Å². The van der Waals surface area contributed by atoms with Crippen LogP contribution in [0.4, 0.5) is 0 Å². The molecule has 0 aliphatic heterocycles. The average Bonchev–Trinajstić information content (AvgIpc) is 2.44. The Kier molecular flexibility index (Phi) is 5.89. The molecule has 1 atom stereocenters. The molecule has 0 radical (unpaired) electrons. The molecule has 0 spiro atoms. The second-order valence-corrected chi connectivity index (χ2v) is 6.26. The lowest BCUT2D eigenvalue weighted by Crippen LogP contribution is -2.38. The van der Waals surface area contributed by atoms with Crippen molar-refractivity contribution < 1.29 is 27.9 Å². The zero-order valence-electron chi connectivity index (χ0n) is 12.4. The number of amides is 1. The average molecular weight is 330 g/mol. The van der Waals surface area contributed by atoms with E-state index in [-0.39, 0.29) is 23.1 Å². The maximum Gasteiger partial charge on any atom is 0.321 e. The summed E-state index contributed by atoms with van der Waals surface area (Å²) in [5, 5.41) is 11.4. The van der Waals surface area contributed by atoms with E-state index in [9.17, 15) is 18.0 Å². The van der Waals surface area contributed by atoms with Crippen LogP contribution in [0.15, 0.2) is 23.1 Å². The van der Waals surface area contributed by atoms with E-state index in [4.69, 9.17) is 9.84 Å². The number of ether oxygens (including phenoxy) is 1. The molecule has 0 fully saturated rings. The maximum atomic E-state index is 12.3. The Morgan fingerprint density at radius 1 is 1.36 bits per heavy atom. The number of carbonyl (C=O) groups is 2. The quantitative estimate of drug-likeness (QED) is 0.651. The second kappa shape index (κ2) is 7.23. The number of carboxylic acids is 1. The molecule has 22 heavy (non-hydrogen) atoms. The summed E-state index contributed by atoms with van der Waals surface area (Å²) >= 11 is 0. The van der Waals surface area contributed by atoms with Gasteiger partial charge in [-0.15, -0.1) is 0 Å². The number of benzene rings is 1. The van der Waals surface area contributed by atoms with Crippen molar-refractivity contribution in [1.82, 2.24) is 10.0 Å². The third-order valence-electron chi connectivity index (χ3n) is 2.76. The van der Waals surface area contributed by atoms with E-state index in [0.29, 0.717) is 5.56 Å². The first-order valence-electron chi connectivity index (χ1n) is 6.34. The highest BCUT2D eigenvalue weighted by Crippen LogP contribution is 2.25. The van der Waals surface area contributed by atoms with Crippen LogP contribution in [0.2, 0.25) is 0 Å². The molecule has 1 amide bonds. The van der Waals surface area contributed by atoms with Gasteiger partial charge in [-0.1, -0.05) is 6.07 Å². The van der Waals surface area contributed by atoms with Gasteiger partial charge in [-0.25, -0.2) is 8.42 Å². The zero-order valence-corrected chi connectivity index (χ0v) is 13.2. The fourth-order valence-electron chi connectivity index (χ4n) is 1.61. The Labute approximate surface area is 128 Å². The van der Waals surface area contributed by atoms with Crippen LogP contribution in [0.5, 0.6) is 5.75 Å². The lowest BCUT2D eigenvalue weighted by atomic mass is 10.2. The van der Waals surface area contributed by atoms with E-state index in [0.717, 1.165) is 0 Å². The van der Waals surface area contributed by atoms with Crippen molar-refractivity contribution in [2.24, 2.45) is 0 Å². The van der Waals surface area contributed by atoms with Crippen LogP contribution in [0, 0.1) is 0 Å². The van der Waals surface area contributed by atoms with Crippen molar-refractivity contribution in [1.29, 1.82) is 0 Å². The number of sulfonamides is 1. The van der Waals surface area contributed by atoms with Gasteiger partial charge in [0.25, 0.3) is 0 Å². The number of carbonyl (C=O) groups excluding carboxylic acids is 1. The van der Waals surface area contributed by atoms with E-state index in [1.807, 2.05) is 4.72 Å². The van der Waals surface area contributed by atoms with Crippen LogP contribution in [-0.2, 0) is 26.2 Å². The van der Waals surface area contributed by atoms with Crippen molar-refractivity contribution >= 4 is 21.9 Å². The van der Waals surface area contributed by atoms with E-state index in [1.165, 1.54) is 33.1 Å². The van der Waals surface area contributed by atoms with Crippen LogP contribution in [0.25, 0.3) is 0 Å². The lowest BCUT2D eigenvalue weighted by molar-refractivity contribution is -0.138. The highest BCUT2D eigenvalue weighted by atomic mass is 32.2. The molecule has 122 valence electrons. The van der Waals surface area contributed by atoms with Crippen molar-refractivity contribution in [2.45, 2.75) is 31.3 Å². The highest BCUT2D eigenvalue weighted by molar-refractivity contribution is 7.89. The van der Waals surface area contributed by atoms with Crippen LogP contribution in [-0.4, -0.2) is 38.6 Å². The molecule has 9 heteroatoms. The number of hydrogen-bond acceptors (Lipinski definition) is 5. The summed E-state index contributed by atoms with van der Waals surface area (Å²) in [5.41, 5.74) is 0.541. The molecule has 1 aromatic carbocycles. The van der Waals surface area contributed by atoms with Crippen LogP contribution < -0.4 is 14.8 Å². The monoisotopic (exact) mass is 330 g/mol. The molecule has 0 unspecified atom stereocenters. The highest BCUT2D eigenvalue weighted by Gasteiger charge is 2.25. The van der Waals surface area contributed by atoms with Gasteiger partial charge in [0, 0.05) is 13.5 Å². The third-order valence-corrected chi connectivity index (χ3v) is 4.32. The molecular formula is C13H18N2O6S. The van der Waals surface area contributed by atoms with Crippen LogP contribution >= 0.6 is 0 Å². The summed E-state index contributed by atoms with van der Waals surface area (Å²) in [7, 11) is -2.77. The second-order valence-electron chi connectivity index (χ2n) is 4.58. The molecule has 0 aromatic heterocycles. The van der Waals surface area contributed by atoms with E-state index in [2.05, 4.69) is 5.32 Å². The van der Waals surface area contributed by atoms with Gasteiger partial charge in [-0.2, -0.15) is 4.72 Å². The minimum Gasteiger partial charge on any atom is -0.495 e. The standard InChI is InChI=1S/C13H18N2O6S/c1-8(13(17)18)15-22(19,20)12-6-10(7-14-9(2)16)4-5-11(12)21-3/h4-6,8,15H,7H2,1-3H3,(H,14,16)(H,17,18)/t8-/m0/s1. The van der Waals surface area contributed by atoms with Gasteiger partial charge in [0.15, 0.2) is 0 Å². The van der Waals surface area contributed by atoms with Crippen molar-refractivity contribution in [3.8, 4) is 5.75 Å². The Morgan fingerprint density at radius 3 is 2.50 bits per heavy atom. The minimum atomic E-state index is -4.08. The summed E-state index contributed by atoms with van der Waals surface area (Å²) in [6.07, 6.45) is 0. The molecule has 0 aliphatic rings. The zero-order chi connectivity index (χ0) is 16.9. The van der Waals surface area contributed by atoms with E-state index >= 15 is 0 Å². The molecule has 0 heterocycles. The summed E-state index contributed by atoms with van der Waals surface area (Å²) < 4.78 is 31.6. The molecular weight excluding hydrogens is 312 g/mol. The number of rotatable bonds is 7. The lowest BCUT2D eigenvalue weighted by Gasteiger charge is -2.14. The largest absolute Gasteiger partial charge is 0.495 e. The minimum absolute atomic E-state index is 0.0802. The Bertz CT molecular complexity index is 671. The first-order valence-corrected chi connectivity index (χ1v) is 7.82. The van der Waals surface area contributed by atoms with Gasteiger partial charge >= 0.3 is 5.97 Å². The SMILES string of the molecule is COc1ccc(CNC(C)=O)cc1S(=O)(=O)N[C@@H](C)C(=O)O. The molecule has 8 nitrogen and oxygen atoms in total. The molecule has 0 aliphatic carbocycles. The maximum absolute atomic E-state index is 12.3. The number of hydrogen-bond donors (Lipinski definition) is 3. The fraction of sp³-hybridized carbons (Fsp3) is 0.385. The number of carboxylic acid groups (broad SMARTS) is 1. The predicted octanol–water partition coefficient (Wildman–Crippen LogP) is 0.0827. The topological polar surface area (TPSA) is 122 Å². The smallest absolute Gasteiger partial charge is 0.321 e. The number of aliphatic carboxylic acids is 1.